The third kappa shape index (κ3) is 6.53. The Bertz CT molecular complexity index is 427. The van der Waals surface area contributed by atoms with Gasteiger partial charge < -0.3 is 15.8 Å². The Morgan fingerprint density at radius 2 is 2.21 bits per heavy atom. The largest absolute Gasteiger partial charge is 0.399 e. The van der Waals surface area contributed by atoms with Crippen LogP contribution in [0.4, 0.5) is 11.4 Å². The molecule has 0 aliphatic carbocycles. The quantitative estimate of drug-likeness (QED) is 0.329. The van der Waals surface area contributed by atoms with E-state index in [1.54, 1.807) is 18.2 Å². The van der Waals surface area contributed by atoms with Crippen molar-refractivity contribution in [3.05, 3.63) is 23.8 Å². The second-order valence-electron chi connectivity index (χ2n) is 4.43. The third-order valence-corrected chi connectivity index (χ3v) is 2.78. The van der Waals surface area contributed by atoms with Crippen LogP contribution in [0.5, 0.6) is 0 Å². The topological polar surface area (TPSA) is 96.6 Å². The molecule has 1 atom stereocenters. The molecule has 0 radical (unpaired) electrons. The van der Waals surface area contributed by atoms with Crippen LogP contribution >= 0.6 is 0 Å². The van der Waals surface area contributed by atoms with Crippen molar-refractivity contribution < 1.29 is 13.5 Å². The first-order valence-corrected chi connectivity index (χ1v) is 7.16. The molecule has 0 bridgehead atoms. The number of hydrogen-bond acceptors (Lipinski definition) is 4. The number of anilines is 2. The number of nitrogens with one attached hydrogen (secondary N) is 2. The molecule has 0 amide bonds. The van der Waals surface area contributed by atoms with E-state index in [4.69, 9.17) is 15.0 Å². The number of ether oxygens (including phenoxy) is 1. The van der Waals surface area contributed by atoms with Crippen LogP contribution < -0.4 is 15.8 Å². The lowest BCUT2D eigenvalue weighted by Gasteiger charge is -2.12. The highest BCUT2D eigenvalue weighted by molar-refractivity contribution is 7.80. The van der Waals surface area contributed by atoms with Crippen molar-refractivity contribution in [3.8, 4) is 0 Å². The zero-order valence-corrected chi connectivity index (χ0v) is 12.0. The zero-order chi connectivity index (χ0) is 14.3. The second kappa shape index (κ2) is 8.11. The number of nitrogens with two attached hydrogens (primary N) is 1. The van der Waals surface area contributed by atoms with Crippen molar-refractivity contribution in [1.29, 1.82) is 0 Å². The summed E-state index contributed by atoms with van der Waals surface area (Å²) in [4.78, 5) is 0. The molecule has 0 spiro atoms. The Labute approximate surface area is 116 Å². The van der Waals surface area contributed by atoms with E-state index in [1.165, 1.54) is 0 Å². The maximum atomic E-state index is 10.8. The third-order valence-electron chi connectivity index (χ3n) is 2.39. The lowest BCUT2D eigenvalue weighted by atomic mass is 10.2. The van der Waals surface area contributed by atoms with E-state index in [1.807, 2.05) is 0 Å². The minimum absolute atomic E-state index is 0.361. The van der Waals surface area contributed by atoms with Crippen molar-refractivity contribution >= 4 is 22.6 Å². The molecule has 0 aliphatic rings. The number of nitrogen functional groups attached to an aromatic ring is 1. The highest BCUT2D eigenvalue weighted by atomic mass is 32.2. The van der Waals surface area contributed by atoms with Crippen LogP contribution in [0.1, 0.15) is 19.4 Å². The molecule has 0 saturated heterocycles. The Kier molecular flexibility index (Phi) is 6.79. The summed E-state index contributed by atoms with van der Waals surface area (Å²) >= 11 is -2.12. The van der Waals surface area contributed by atoms with Crippen molar-refractivity contribution in [3.63, 3.8) is 0 Å². The number of rotatable bonds is 8. The Hall–Kier alpha value is -1.15. The van der Waals surface area contributed by atoms with Crippen LogP contribution in [0.15, 0.2) is 18.2 Å². The molecule has 19 heavy (non-hydrogen) atoms. The fraction of sp³-hybridized carbons (Fsp3) is 0.500. The van der Waals surface area contributed by atoms with E-state index in [9.17, 15) is 4.21 Å². The summed E-state index contributed by atoms with van der Waals surface area (Å²) in [5.41, 5.74) is 7.47. The first-order valence-electron chi connectivity index (χ1n) is 6.06. The van der Waals surface area contributed by atoms with Crippen molar-refractivity contribution in [2.24, 2.45) is 0 Å². The summed E-state index contributed by atoms with van der Waals surface area (Å²) in [6, 6.07) is 5.55. The molecule has 0 saturated carbocycles. The van der Waals surface area contributed by atoms with Crippen molar-refractivity contribution in [2.75, 3.05) is 23.6 Å². The van der Waals surface area contributed by atoms with E-state index in [0.29, 0.717) is 30.6 Å². The molecule has 1 aromatic carbocycles. The molecule has 0 fully saturated rings. The van der Waals surface area contributed by atoms with E-state index in [0.717, 1.165) is 12.1 Å². The van der Waals surface area contributed by atoms with Crippen LogP contribution in [-0.2, 0) is 22.6 Å². The molecule has 1 rings (SSSR count). The van der Waals surface area contributed by atoms with E-state index >= 15 is 0 Å². The van der Waals surface area contributed by atoms with Crippen LogP contribution in [0.25, 0.3) is 0 Å². The van der Waals surface area contributed by atoms with Gasteiger partial charge in [0, 0.05) is 23.8 Å². The predicted octanol–water partition coefficient (Wildman–Crippen LogP) is 1.33. The lowest BCUT2D eigenvalue weighted by Crippen LogP contribution is -2.26. The van der Waals surface area contributed by atoms with Crippen LogP contribution in [0.2, 0.25) is 0 Å². The fourth-order valence-electron chi connectivity index (χ4n) is 1.51. The summed E-state index contributed by atoms with van der Waals surface area (Å²) in [5.74, 6) is 0. The van der Waals surface area contributed by atoms with E-state index < -0.39 is 11.3 Å². The normalized spacial score (nSPS) is 12.6. The van der Waals surface area contributed by atoms with Gasteiger partial charge in [-0.05, 0) is 12.1 Å². The monoisotopic (exact) mass is 287 g/mol. The maximum absolute atomic E-state index is 10.8. The molecule has 7 heteroatoms. The smallest absolute Gasteiger partial charge is 0.259 e. The fourth-order valence-corrected chi connectivity index (χ4v) is 1.89. The Balaban J connectivity index is 2.50. The molecule has 0 heterocycles. The number of hydrogen-bond donors (Lipinski definition) is 4. The molecular formula is C12H21N3O3S. The van der Waals surface area contributed by atoms with Crippen molar-refractivity contribution in [1.82, 2.24) is 5.32 Å². The Morgan fingerprint density at radius 3 is 2.84 bits per heavy atom. The molecule has 5 N–H and O–H groups in total. The summed E-state index contributed by atoms with van der Waals surface area (Å²) in [5, 5.41) is 3.24. The molecule has 6 nitrogen and oxygen atoms in total. The SMILES string of the molecule is CC(C)NCCOCc1ccc(N)cc1NS(=O)O. The van der Waals surface area contributed by atoms with Gasteiger partial charge in [0.2, 0.25) is 0 Å². The van der Waals surface area contributed by atoms with Gasteiger partial charge in [0.1, 0.15) is 0 Å². The average molecular weight is 287 g/mol. The lowest BCUT2D eigenvalue weighted by molar-refractivity contribution is 0.122. The molecule has 1 unspecified atom stereocenters. The van der Waals surface area contributed by atoms with Crippen LogP contribution in [-0.4, -0.2) is 28.0 Å². The summed E-state index contributed by atoms with van der Waals surface area (Å²) in [7, 11) is 0. The predicted molar refractivity (Wildman–Crippen MR) is 78.0 cm³/mol. The van der Waals surface area contributed by atoms with Gasteiger partial charge in [-0.1, -0.05) is 19.9 Å². The summed E-state index contributed by atoms with van der Waals surface area (Å²) in [6.45, 7) is 5.84. The van der Waals surface area contributed by atoms with E-state index in [-0.39, 0.29) is 0 Å². The average Bonchev–Trinajstić information content (AvgIpc) is 2.30. The number of benzene rings is 1. The highest BCUT2D eigenvalue weighted by Gasteiger charge is 2.05. The van der Waals surface area contributed by atoms with Crippen LogP contribution in [0, 0.1) is 0 Å². The van der Waals surface area contributed by atoms with Crippen LogP contribution in [0.3, 0.4) is 0 Å². The molecular weight excluding hydrogens is 266 g/mol. The standard InChI is InChI=1S/C12H21N3O3S/c1-9(2)14-5-6-18-8-10-3-4-11(13)7-12(10)15-19(16)17/h3-4,7,9,14-15H,5-6,8,13H2,1-2H3,(H,16,17). The van der Waals surface area contributed by atoms with Gasteiger partial charge >= 0.3 is 0 Å². The summed E-state index contributed by atoms with van der Waals surface area (Å²) in [6.07, 6.45) is 0. The highest BCUT2D eigenvalue weighted by Crippen LogP contribution is 2.20. The second-order valence-corrected chi connectivity index (χ2v) is 5.13. The van der Waals surface area contributed by atoms with Gasteiger partial charge in [-0.15, -0.1) is 0 Å². The van der Waals surface area contributed by atoms with Gasteiger partial charge in [0.15, 0.2) is 0 Å². The molecule has 1 aromatic rings. The summed E-state index contributed by atoms with van der Waals surface area (Å²) < 4.78 is 27.6. The first-order chi connectivity index (χ1) is 8.99. The van der Waals surface area contributed by atoms with Gasteiger partial charge in [-0.3, -0.25) is 9.27 Å². The van der Waals surface area contributed by atoms with Gasteiger partial charge in [0.05, 0.1) is 18.9 Å². The molecule has 108 valence electrons. The van der Waals surface area contributed by atoms with Gasteiger partial charge in [-0.25, -0.2) is 4.21 Å². The van der Waals surface area contributed by atoms with Gasteiger partial charge in [0.25, 0.3) is 11.3 Å². The van der Waals surface area contributed by atoms with Crippen molar-refractivity contribution in [2.45, 2.75) is 26.5 Å². The maximum Gasteiger partial charge on any atom is 0.259 e. The first kappa shape index (κ1) is 15.9. The zero-order valence-electron chi connectivity index (χ0n) is 11.2. The van der Waals surface area contributed by atoms with E-state index in [2.05, 4.69) is 23.9 Å². The minimum Gasteiger partial charge on any atom is -0.399 e. The molecule has 0 aromatic heterocycles. The minimum atomic E-state index is -2.12. The van der Waals surface area contributed by atoms with Gasteiger partial charge in [-0.2, -0.15) is 0 Å². The Morgan fingerprint density at radius 1 is 1.47 bits per heavy atom. The molecule has 0 aliphatic heterocycles.